The monoisotopic (exact) mass is 392 g/mol. The number of hydrogen-bond acceptors (Lipinski definition) is 4. The number of benzene rings is 2. The molecule has 4 nitrogen and oxygen atoms in total. The van der Waals surface area contributed by atoms with Gasteiger partial charge in [0.05, 0.1) is 12.7 Å². The Balaban J connectivity index is 1.98. The lowest BCUT2D eigenvalue weighted by molar-refractivity contribution is -0.136. The summed E-state index contributed by atoms with van der Waals surface area (Å²) in [4.78, 5) is 23.5. The second kappa shape index (κ2) is 8.40. The summed E-state index contributed by atoms with van der Waals surface area (Å²) in [6.07, 6.45) is 2.69. The predicted octanol–water partition coefficient (Wildman–Crippen LogP) is 4.04. The van der Waals surface area contributed by atoms with E-state index in [-0.39, 0.29) is 5.56 Å². The molecule has 2 aromatic rings. The van der Waals surface area contributed by atoms with Crippen molar-refractivity contribution in [3.63, 3.8) is 0 Å². The molecule has 0 spiro atoms. The average Bonchev–Trinajstić information content (AvgIpc) is 2.58. The number of hydrogen-bond donors (Lipinski definition) is 0. The van der Waals surface area contributed by atoms with Crippen molar-refractivity contribution < 1.29 is 23.5 Å². The van der Waals surface area contributed by atoms with Crippen LogP contribution >= 0.6 is 15.9 Å². The van der Waals surface area contributed by atoms with E-state index >= 15 is 0 Å². The quantitative estimate of drug-likeness (QED) is 0.423. The molecule has 6 heteroatoms. The van der Waals surface area contributed by atoms with Crippen molar-refractivity contribution in [2.24, 2.45) is 0 Å². The number of carbonyl (C=O) groups is 2. The van der Waals surface area contributed by atoms with Crippen LogP contribution in [0, 0.1) is 5.82 Å². The summed E-state index contributed by atoms with van der Waals surface area (Å²) >= 11 is 3.33. The topological polar surface area (TPSA) is 52.6 Å². The van der Waals surface area contributed by atoms with Crippen LogP contribution in [0.1, 0.15) is 15.9 Å². The van der Waals surface area contributed by atoms with E-state index in [0.717, 1.165) is 4.47 Å². The zero-order valence-electron chi connectivity index (χ0n) is 12.8. The molecule has 24 heavy (non-hydrogen) atoms. The molecule has 0 atom stereocenters. The van der Waals surface area contributed by atoms with E-state index in [1.165, 1.54) is 43.5 Å². The van der Waals surface area contributed by atoms with Crippen LogP contribution in [0.3, 0.4) is 0 Å². The minimum atomic E-state index is -0.707. The smallest absolute Gasteiger partial charge is 0.331 e. The fourth-order valence-corrected chi connectivity index (χ4v) is 2.32. The lowest BCUT2D eigenvalue weighted by Gasteiger charge is -2.05. The second-order valence-electron chi connectivity index (χ2n) is 4.73. The van der Waals surface area contributed by atoms with E-state index in [1.54, 1.807) is 12.1 Å². The molecular weight excluding hydrogens is 379 g/mol. The standard InChI is InChI=1S/C18H14BrFO4/c1-23-17-8-7-13(19)10-12(17)6-9-18(22)24-11-16(21)14-4-2-3-5-15(14)20/h2-10H,11H2,1H3/b9-6+. The highest BCUT2D eigenvalue weighted by molar-refractivity contribution is 9.10. The van der Waals surface area contributed by atoms with Gasteiger partial charge < -0.3 is 9.47 Å². The number of rotatable bonds is 6. The Hall–Kier alpha value is -2.47. The third-order valence-electron chi connectivity index (χ3n) is 3.11. The molecule has 0 fully saturated rings. The van der Waals surface area contributed by atoms with Crippen molar-refractivity contribution in [2.75, 3.05) is 13.7 Å². The molecule has 0 bridgehead atoms. The van der Waals surface area contributed by atoms with Crippen LogP contribution in [0.25, 0.3) is 6.08 Å². The zero-order chi connectivity index (χ0) is 17.5. The molecule has 2 rings (SSSR count). The van der Waals surface area contributed by atoms with E-state index in [2.05, 4.69) is 15.9 Å². The van der Waals surface area contributed by atoms with Gasteiger partial charge in [0.2, 0.25) is 5.78 Å². The Labute approximate surface area is 147 Å². The van der Waals surface area contributed by atoms with Gasteiger partial charge in [-0.05, 0) is 36.4 Å². The molecule has 0 aliphatic carbocycles. The minimum absolute atomic E-state index is 0.108. The molecule has 0 N–H and O–H groups in total. The van der Waals surface area contributed by atoms with Crippen LogP contribution in [0.15, 0.2) is 53.0 Å². The summed E-state index contributed by atoms with van der Waals surface area (Å²) in [7, 11) is 1.52. The first kappa shape index (κ1) is 17.9. The van der Waals surface area contributed by atoms with Crippen LogP contribution in [-0.2, 0) is 9.53 Å². The van der Waals surface area contributed by atoms with Gasteiger partial charge in [0.25, 0.3) is 0 Å². The summed E-state index contributed by atoms with van der Waals surface area (Å²) in [5, 5.41) is 0. The summed E-state index contributed by atoms with van der Waals surface area (Å²) < 4.78 is 24.3. The highest BCUT2D eigenvalue weighted by Gasteiger charge is 2.12. The van der Waals surface area contributed by atoms with Gasteiger partial charge >= 0.3 is 5.97 Å². The molecule has 0 amide bonds. The Morgan fingerprint density at radius 3 is 2.67 bits per heavy atom. The highest BCUT2D eigenvalue weighted by atomic mass is 79.9. The molecule has 0 radical (unpaired) electrons. The number of esters is 1. The van der Waals surface area contributed by atoms with Crippen molar-refractivity contribution >= 4 is 33.8 Å². The molecule has 0 saturated heterocycles. The van der Waals surface area contributed by atoms with E-state index in [9.17, 15) is 14.0 Å². The van der Waals surface area contributed by atoms with Crippen molar-refractivity contribution in [1.29, 1.82) is 0 Å². The Kier molecular flexibility index (Phi) is 6.26. The van der Waals surface area contributed by atoms with Crippen molar-refractivity contribution in [3.05, 3.63) is 70.0 Å². The molecule has 124 valence electrons. The maximum absolute atomic E-state index is 13.5. The fraction of sp³-hybridized carbons (Fsp3) is 0.111. The van der Waals surface area contributed by atoms with Gasteiger partial charge in [-0.1, -0.05) is 28.1 Å². The molecule has 0 aliphatic heterocycles. The van der Waals surface area contributed by atoms with Crippen LogP contribution in [0.5, 0.6) is 5.75 Å². The van der Waals surface area contributed by atoms with Crippen LogP contribution in [0.4, 0.5) is 4.39 Å². The Morgan fingerprint density at radius 2 is 1.96 bits per heavy atom. The number of Topliss-reactive ketones (excluding diaryl/α,β-unsaturated/α-hetero) is 1. The lowest BCUT2D eigenvalue weighted by Crippen LogP contribution is -2.13. The van der Waals surface area contributed by atoms with Crippen LogP contribution in [0.2, 0.25) is 0 Å². The van der Waals surface area contributed by atoms with Crippen molar-refractivity contribution in [1.82, 2.24) is 0 Å². The van der Waals surface area contributed by atoms with Gasteiger partial charge in [0.15, 0.2) is 6.61 Å². The van der Waals surface area contributed by atoms with Crippen LogP contribution < -0.4 is 4.74 Å². The van der Waals surface area contributed by atoms with Gasteiger partial charge in [-0.3, -0.25) is 4.79 Å². The third-order valence-corrected chi connectivity index (χ3v) is 3.60. The number of methoxy groups -OCH3 is 1. The summed E-state index contributed by atoms with van der Waals surface area (Å²) in [5.41, 5.74) is 0.562. The van der Waals surface area contributed by atoms with Crippen LogP contribution in [-0.4, -0.2) is 25.5 Å². The van der Waals surface area contributed by atoms with Crippen molar-refractivity contribution in [2.45, 2.75) is 0 Å². The molecule has 0 saturated carbocycles. The summed E-state index contributed by atoms with van der Waals surface area (Å²) in [5.74, 6) is -1.37. The van der Waals surface area contributed by atoms with E-state index in [1.807, 2.05) is 6.07 Å². The largest absolute Gasteiger partial charge is 0.496 e. The number of ether oxygens (including phenoxy) is 2. The third kappa shape index (κ3) is 4.76. The fourth-order valence-electron chi connectivity index (χ4n) is 1.94. The second-order valence-corrected chi connectivity index (χ2v) is 5.65. The van der Waals surface area contributed by atoms with Gasteiger partial charge in [0, 0.05) is 16.1 Å². The first-order valence-corrected chi connectivity index (χ1v) is 7.76. The average molecular weight is 393 g/mol. The molecule has 0 unspecified atom stereocenters. The van der Waals surface area contributed by atoms with E-state index < -0.39 is 24.2 Å². The number of ketones is 1. The zero-order valence-corrected chi connectivity index (χ0v) is 14.4. The first-order valence-electron chi connectivity index (χ1n) is 6.97. The Morgan fingerprint density at radius 1 is 1.21 bits per heavy atom. The number of halogens is 2. The minimum Gasteiger partial charge on any atom is -0.496 e. The predicted molar refractivity (Wildman–Crippen MR) is 91.4 cm³/mol. The van der Waals surface area contributed by atoms with Crippen molar-refractivity contribution in [3.8, 4) is 5.75 Å². The van der Waals surface area contributed by atoms with E-state index in [4.69, 9.17) is 9.47 Å². The van der Waals surface area contributed by atoms with Gasteiger partial charge in [-0.2, -0.15) is 0 Å². The highest BCUT2D eigenvalue weighted by Crippen LogP contribution is 2.24. The maximum atomic E-state index is 13.5. The molecule has 0 aromatic heterocycles. The normalized spacial score (nSPS) is 10.6. The number of carbonyl (C=O) groups excluding carboxylic acids is 2. The molecule has 0 aliphatic rings. The Bertz CT molecular complexity index is 786. The summed E-state index contributed by atoms with van der Waals surface area (Å²) in [6, 6.07) is 10.9. The SMILES string of the molecule is COc1ccc(Br)cc1/C=C/C(=O)OCC(=O)c1ccccc1F. The van der Waals surface area contributed by atoms with E-state index in [0.29, 0.717) is 11.3 Å². The lowest BCUT2D eigenvalue weighted by atomic mass is 10.1. The molecule has 0 heterocycles. The van der Waals surface area contributed by atoms with Gasteiger partial charge in [-0.25, -0.2) is 9.18 Å². The first-order chi connectivity index (χ1) is 11.5. The maximum Gasteiger partial charge on any atom is 0.331 e. The molecule has 2 aromatic carbocycles. The van der Waals surface area contributed by atoms with Gasteiger partial charge in [0.1, 0.15) is 11.6 Å². The molecular formula is C18H14BrFO4. The summed E-state index contributed by atoms with van der Waals surface area (Å²) in [6.45, 7) is -0.528. The van der Waals surface area contributed by atoms with Gasteiger partial charge in [-0.15, -0.1) is 0 Å².